The fourth-order valence-electron chi connectivity index (χ4n) is 5.25. The third-order valence-corrected chi connectivity index (χ3v) is 7.09. The molecule has 1 N–H and O–H groups in total. The van der Waals surface area contributed by atoms with Crippen LogP contribution < -0.4 is 10.2 Å². The molecule has 0 atom stereocenters. The van der Waals surface area contributed by atoms with E-state index >= 15 is 0 Å². The number of hydrogen-bond acceptors (Lipinski definition) is 4. The van der Waals surface area contributed by atoms with Crippen molar-refractivity contribution >= 4 is 50.3 Å². The summed E-state index contributed by atoms with van der Waals surface area (Å²) in [7, 11) is 0. The third kappa shape index (κ3) is 3.43. The predicted octanol–water partition coefficient (Wildman–Crippen LogP) is 6.95. The average molecular weight is 486 g/mol. The summed E-state index contributed by atoms with van der Waals surface area (Å²) in [5.74, 6) is -0.0796. The Labute approximate surface area is 207 Å². The van der Waals surface area contributed by atoms with E-state index in [0.717, 1.165) is 33.4 Å². The van der Waals surface area contributed by atoms with E-state index in [2.05, 4.69) is 59.0 Å². The number of para-hydroxylation sites is 1. The molecule has 2 aromatic carbocycles. The molecular weight excluding hydrogens is 461 g/mol. The number of halogens is 2. The SMILES string of the molecule is C/C=C\Nc1cc2c(cc1C)c1cccc(C)c1n1nc3c(c21)CN(c1ncc(Cl)cc1F)CC3. The van der Waals surface area contributed by atoms with Crippen LogP contribution in [0, 0.1) is 19.7 Å². The summed E-state index contributed by atoms with van der Waals surface area (Å²) in [4.78, 5) is 6.28. The minimum atomic E-state index is -0.406. The van der Waals surface area contributed by atoms with Gasteiger partial charge in [-0.3, -0.25) is 0 Å². The minimum absolute atomic E-state index is 0.296. The molecule has 4 heterocycles. The zero-order chi connectivity index (χ0) is 24.3. The molecule has 0 aliphatic carbocycles. The van der Waals surface area contributed by atoms with Crippen LogP contribution in [-0.2, 0) is 13.0 Å². The maximum absolute atomic E-state index is 14.8. The molecule has 0 saturated carbocycles. The first kappa shape index (κ1) is 21.9. The van der Waals surface area contributed by atoms with Crippen LogP contribution in [0.25, 0.3) is 27.2 Å². The second-order valence-corrected chi connectivity index (χ2v) is 9.58. The molecule has 0 unspecified atom stereocenters. The maximum Gasteiger partial charge on any atom is 0.167 e. The molecule has 0 bridgehead atoms. The molecule has 0 radical (unpaired) electrons. The van der Waals surface area contributed by atoms with Gasteiger partial charge in [-0.05, 0) is 61.7 Å². The van der Waals surface area contributed by atoms with Crippen molar-refractivity contribution in [3.63, 3.8) is 0 Å². The largest absolute Gasteiger partial charge is 0.362 e. The van der Waals surface area contributed by atoms with Crippen LogP contribution in [0.3, 0.4) is 0 Å². The Balaban J connectivity index is 1.65. The molecule has 5 aromatic rings. The zero-order valence-corrected chi connectivity index (χ0v) is 20.6. The molecule has 1 aliphatic rings. The van der Waals surface area contributed by atoms with E-state index in [1.807, 2.05) is 24.1 Å². The fourth-order valence-corrected chi connectivity index (χ4v) is 5.39. The molecule has 176 valence electrons. The Morgan fingerprint density at radius 2 is 1.91 bits per heavy atom. The first-order chi connectivity index (χ1) is 17.0. The van der Waals surface area contributed by atoms with Crippen LogP contribution in [0.2, 0.25) is 5.02 Å². The van der Waals surface area contributed by atoms with E-state index in [-0.39, 0.29) is 0 Å². The quantitative estimate of drug-likeness (QED) is 0.281. The van der Waals surface area contributed by atoms with Gasteiger partial charge in [0, 0.05) is 47.7 Å². The molecule has 3 aromatic heterocycles. The van der Waals surface area contributed by atoms with Crippen LogP contribution in [0.15, 0.2) is 54.9 Å². The van der Waals surface area contributed by atoms with Crippen molar-refractivity contribution < 1.29 is 4.39 Å². The Morgan fingerprint density at radius 1 is 1.06 bits per heavy atom. The van der Waals surface area contributed by atoms with Gasteiger partial charge in [-0.2, -0.15) is 5.10 Å². The van der Waals surface area contributed by atoms with E-state index in [1.165, 1.54) is 34.2 Å². The normalized spacial score (nSPS) is 13.9. The highest BCUT2D eigenvalue weighted by Gasteiger charge is 2.27. The van der Waals surface area contributed by atoms with Gasteiger partial charge in [-0.1, -0.05) is 35.9 Å². The second kappa shape index (κ2) is 8.24. The Kier molecular flexibility index (Phi) is 5.15. The third-order valence-electron chi connectivity index (χ3n) is 6.89. The highest BCUT2D eigenvalue weighted by atomic mass is 35.5. The molecule has 5 nitrogen and oxygen atoms in total. The van der Waals surface area contributed by atoms with Crippen LogP contribution in [0.4, 0.5) is 15.9 Å². The Morgan fingerprint density at radius 3 is 2.71 bits per heavy atom. The average Bonchev–Trinajstić information content (AvgIpc) is 3.22. The lowest BCUT2D eigenvalue weighted by molar-refractivity contribution is 0.600. The van der Waals surface area contributed by atoms with Crippen LogP contribution in [0.5, 0.6) is 0 Å². The van der Waals surface area contributed by atoms with E-state index in [0.29, 0.717) is 30.4 Å². The van der Waals surface area contributed by atoms with Crippen molar-refractivity contribution in [1.82, 2.24) is 14.6 Å². The molecule has 7 heteroatoms. The lowest BCUT2D eigenvalue weighted by Crippen LogP contribution is -2.31. The van der Waals surface area contributed by atoms with E-state index in [4.69, 9.17) is 16.7 Å². The molecule has 0 amide bonds. The van der Waals surface area contributed by atoms with Crippen LogP contribution in [0.1, 0.15) is 29.3 Å². The Hall–Kier alpha value is -3.64. The second-order valence-electron chi connectivity index (χ2n) is 9.14. The molecular formula is C28H25ClFN5. The molecule has 0 saturated heterocycles. The number of rotatable bonds is 3. The van der Waals surface area contributed by atoms with Crippen molar-refractivity contribution in [1.29, 1.82) is 0 Å². The molecule has 6 rings (SSSR count). The molecule has 0 fully saturated rings. The van der Waals surface area contributed by atoms with Gasteiger partial charge >= 0.3 is 0 Å². The van der Waals surface area contributed by atoms with Gasteiger partial charge in [-0.25, -0.2) is 13.9 Å². The summed E-state index contributed by atoms with van der Waals surface area (Å²) in [6.07, 6.45) is 6.14. The molecule has 0 spiro atoms. The van der Waals surface area contributed by atoms with Gasteiger partial charge in [0.25, 0.3) is 0 Å². The van der Waals surface area contributed by atoms with Crippen molar-refractivity contribution in [2.45, 2.75) is 33.7 Å². The number of nitrogens with one attached hydrogen (secondary N) is 1. The minimum Gasteiger partial charge on any atom is -0.362 e. The summed E-state index contributed by atoms with van der Waals surface area (Å²) in [5, 5.41) is 12.3. The topological polar surface area (TPSA) is 45.5 Å². The number of anilines is 2. The van der Waals surface area contributed by atoms with Crippen LogP contribution in [-0.4, -0.2) is 21.1 Å². The summed E-state index contributed by atoms with van der Waals surface area (Å²) < 4.78 is 16.9. The summed E-state index contributed by atoms with van der Waals surface area (Å²) in [6, 6.07) is 12.2. The van der Waals surface area contributed by atoms with Gasteiger partial charge in [-0.15, -0.1) is 0 Å². The predicted molar refractivity (Wildman–Crippen MR) is 142 cm³/mol. The molecule has 1 aliphatic heterocycles. The molecule has 35 heavy (non-hydrogen) atoms. The lowest BCUT2D eigenvalue weighted by atomic mass is 9.97. The Bertz CT molecular complexity index is 1670. The van der Waals surface area contributed by atoms with E-state index < -0.39 is 5.82 Å². The zero-order valence-electron chi connectivity index (χ0n) is 19.9. The summed E-state index contributed by atoms with van der Waals surface area (Å²) in [6.45, 7) is 7.42. The first-order valence-corrected chi connectivity index (χ1v) is 12.1. The van der Waals surface area contributed by atoms with Gasteiger partial charge in [0.15, 0.2) is 11.6 Å². The highest BCUT2D eigenvalue weighted by molar-refractivity contribution is 6.30. The van der Waals surface area contributed by atoms with E-state index in [1.54, 1.807) is 0 Å². The smallest absolute Gasteiger partial charge is 0.167 e. The summed E-state index contributed by atoms with van der Waals surface area (Å²) >= 11 is 5.95. The van der Waals surface area contributed by atoms with E-state index in [9.17, 15) is 4.39 Å². The first-order valence-electron chi connectivity index (χ1n) is 11.8. The van der Waals surface area contributed by atoms with Crippen LogP contribution >= 0.6 is 11.6 Å². The lowest BCUT2D eigenvalue weighted by Gasteiger charge is -2.28. The van der Waals surface area contributed by atoms with Gasteiger partial charge in [0.1, 0.15) is 0 Å². The maximum atomic E-state index is 14.8. The number of allylic oxidation sites excluding steroid dienone is 1. The number of pyridine rings is 2. The van der Waals surface area contributed by atoms with Crippen molar-refractivity contribution in [3.05, 3.63) is 88.1 Å². The number of aryl methyl sites for hydroxylation is 2. The number of nitrogens with zero attached hydrogens (tertiary/aromatic N) is 4. The fraction of sp³-hybridized carbons (Fsp3) is 0.214. The van der Waals surface area contributed by atoms with Crippen molar-refractivity contribution in [3.8, 4) is 0 Å². The van der Waals surface area contributed by atoms with Crippen molar-refractivity contribution in [2.75, 3.05) is 16.8 Å². The summed E-state index contributed by atoms with van der Waals surface area (Å²) in [5.41, 5.74) is 7.74. The number of aromatic nitrogens is 3. The number of fused-ring (bicyclic) bond motifs is 8. The van der Waals surface area contributed by atoms with Gasteiger partial charge in [0.05, 0.1) is 21.7 Å². The standard InChI is InChI=1S/C28H25ClFN5/c1-4-9-31-25-13-21-20(11-17(25)3)19-7-5-6-16(2)26(19)35-27(21)22-15-34(10-8-24(22)33-35)28-23(30)12-18(29)14-32-28/h4-7,9,11-14,31H,8,10,15H2,1-3H3/b9-4-. The monoisotopic (exact) mass is 485 g/mol. The number of hydrogen-bond donors (Lipinski definition) is 1. The van der Waals surface area contributed by atoms with Gasteiger partial charge in [0.2, 0.25) is 0 Å². The van der Waals surface area contributed by atoms with Gasteiger partial charge < -0.3 is 10.2 Å². The highest BCUT2D eigenvalue weighted by Crippen LogP contribution is 2.38. The number of benzene rings is 2. The van der Waals surface area contributed by atoms with Crippen molar-refractivity contribution in [2.24, 2.45) is 0 Å².